The Labute approximate surface area is 348 Å². The van der Waals surface area contributed by atoms with Gasteiger partial charge in [0.2, 0.25) is 0 Å². The highest BCUT2D eigenvalue weighted by Crippen LogP contribution is 2.42. The van der Waals surface area contributed by atoms with Crippen LogP contribution >= 0.6 is 0 Å². The molecule has 0 aliphatic rings. The number of hydrogen-bond donors (Lipinski definition) is 0. The molecule has 2 heterocycles. The van der Waals surface area contributed by atoms with Crippen molar-refractivity contribution >= 4 is 54.4 Å². The molecule has 0 N–H and O–H groups in total. The molecule has 0 atom stereocenters. The van der Waals surface area contributed by atoms with Crippen molar-refractivity contribution in [2.24, 2.45) is 0 Å². The van der Waals surface area contributed by atoms with E-state index in [-0.39, 0.29) is 0 Å². The number of aromatic nitrogens is 2. The zero-order chi connectivity index (χ0) is 39.6. The van der Waals surface area contributed by atoms with Crippen LogP contribution in [0.5, 0.6) is 0 Å². The second-order valence-corrected chi connectivity index (χ2v) is 15.7. The van der Waals surface area contributed by atoms with Crippen molar-refractivity contribution in [1.29, 1.82) is 0 Å². The molecule has 0 bridgehead atoms. The van der Waals surface area contributed by atoms with Crippen LogP contribution in [0.1, 0.15) is 0 Å². The highest BCUT2D eigenvalue weighted by atomic mass is 15.0. The van der Waals surface area contributed by atoms with Gasteiger partial charge in [-0.1, -0.05) is 164 Å². The molecule has 2 aromatic heterocycles. The first-order chi connectivity index (χ1) is 29.7. The lowest BCUT2D eigenvalue weighted by molar-refractivity contribution is 1.18. The van der Waals surface area contributed by atoms with Crippen molar-refractivity contribution in [3.8, 4) is 55.9 Å². The maximum Gasteiger partial charge on any atom is 0.0547 e. The van der Waals surface area contributed by atoms with Crippen molar-refractivity contribution in [1.82, 2.24) is 9.13 Å². The van der Waals surface area contributed by atoms with Crippen LogP contribution in [0, 0.1) is 0 Å². The summed E-state index contributed by atoms with van der Waals surface area (Å²) in [6, 6.07) is 84.3. The molecule has 0 saturated carbocycles. The first-order valence-electron chi connectivity index (χ1n) is 20.7. The molecule has 60 heavy (non-hydrogen) atoms. The standard InChI is InChI=1S/C58H38N2/c1-3-14-39(15-4-1)43-20-11-22-48(35-43)59-54-26-10-9-24-51(54)52-37-45(30-32-55(52)59)46-31-33-56-53(38-46)58-50(47-29-28-41-18-7-8-19-42(41)34-47)25-13-27-57(58)60(56)49-23-12-21-44(36-49)40-16-5-2-6-17-40/h1-38H. The highest BCUT2D eigenvalue weighted by molar-refractivity contribution is 6.17. The molecule has 0 spiro atoms. The summed E-state index contributed by atoms with van der Waals surface area (Å²) in [5.41, 5.74) is 16.7. The molecule has 0 fully saturated rings. The van der Waals surface area contributed by atoms with E-state index < -0.39 is 0 Å². The van der Waals surface area contributed by atoms with Gasteiger partial charge in [-0.3, -0.25) is 0 Å². The summed E-state index contributed by atoms with van der Waals surface area (Å²) >= 11 is 0. The topological polar surface area (TPSA) is 9.86 Å². The van der Waals surface area contributed by atoms with Gasteiger partial charge in [0.15, 0.2) is 0 Å². The first kappa shape index (κ1) is 34.1. The van der Waals surface area contributed by atoms with Crippen LogP contribution in [-0.2, 0) is 0 Å². The largest absolute Gasteiger partial charge is 0.309 e. The van der Waals surface area contributed by atoms with Gasteiger partial charge >= 0.3 is 0 Å². The highest BCUT2D eigenvalue weighted by Gasteiger charge is 2.19. The summed E-state index contributed by atoms with van der Waals surface area (Å²) in [6.07, 6.45) is 0. The summed E-state index contributed by atoms with van der Waals surface area (Å²) < 4.78 is 4.86. The minimum absolute atomic E-state index is 1.14. The van der Waals surface area contributed by atoms with Gasteiger partial charge in [0.05, 0.1) is 22.1 Å². The molecule has 2 heteroatoms. The van der Waals surface area contributed by atoms with Gasteiger partial charge in [0.1, 0.15) is 0 Å². The summed E-state index contributed by atoms with van der Waals surface area (Å²) in [4.78, 5) is 0. The average Bonchev–Trinajstić information content (AvgIpc) is 3.84. The number of benzene rings is 10. The van der Waals surface area contributed by atoms with Crippen LogP contribution in [0.4, 0.5) is 0 Å². The monoisotopic (exact) mass is 762 g/mol. The quantitative estimate of drug-likeness (QED) is 0.160. The fourth-order valence-electron chi connectivity index (χ4n) is 9.47. The predicted octanol–water partition coefficient (Wildman–Crippen LogP) is 15.7. The van der Waals surface area contributed by atoms with Gasteiger partial charge in [-0.05, 0) is 122 Å². The molecule has 0 amide bonds. The van der Waals surface area contributed by atoms with Crippen LogP contribution in [-0.4, -0.2) is 9.13 Å². The zero-order valence-electron chi connectivity index (χ0n) is 32.8. The van der Waals surface area contributed by atoms with Gasteiger partial charge in [0.25, 0.3) is 0 Å². The second kappa shape index (κ2) is 13.9. The van der Waals surface area contributed by atoms with E-state index in [2.05, 4.69) is 240 Å². The minimum atomic E-state index is 1.14. The van der Waals surface area contributed by atoms with Gasteiger partial charge in [-0.2, -0.15) is 0 Å². The molecule has 280 valence electrons. The lowest BCUT2D eigenvalue weighted by atomic mass is 9.95. The molecule has 2 nitrogen and oxygen atoms in total. The van der Waals surface area contributed by atoms with E-state index in [1.165, 1.54) is 98.9 Å². The van der Waals surface area contributed by atoms with E-state index >= 15 is 0 Å². The molecule has 12 aromatic rings. The first-order valence-corrected chi connectivity index (χ1v) is 20.7. The van der Waals surface area contributed by atoms with E-state index in [1.807, 2.05) is 0 Å². The zero-order valence-corrected chi connectivity index (χ0v) is 32.8. The minimum Gasteiger partial charge on any atom is -0.309 e. The molecule has 0 unspecified atom stereocenters. The Kier molecular flexibility index (Phi) is 7.89. The normalized spacial score (nSPS) is 11.7. The third-order valence-electron chi connectivity index (χ3n) is 12.3. The van der Waals surface area contributed by atoms with Gasteiger partial charge in [0, 0.05) is 32.9 Å². The van der Waals surface area contributed by atoms with Crippen molar-refractivity contribution in [2.75, 3.05) is 0 Å². The van der Waals surface area contributed by atoms with E-state index in [9.17, 15) is 0 Å². The Morgan fingerprint density at radius 1 is 0.233 bits per heavy atom. The number of rotatable bonds is 6. The Hall–Kier alpha value is -7.94. The van der Waals surface area contributed by atoms with E-state index in [4.69, 9.17) is 0 Å². The van der Waals surface area contributed by atoms with Crippen LogP contribution in [0.2, 0.25) is 0 Å². The maximum absolute atomic E-state index is 2.45. The van der Waals surface area contributed by atoms with Crippen LogP contribution in [0.25, 0.3) is 110 Å². The Balaban J connectivity index is 1.07. The van der Waals surface area contributed by atoms with E-state index in [1.54, 1.807) is 0 Å². The van der Waals surface area contributed by atoms with Gasteiger partial charge < -0.3 is 9.13 Å². The van der Waals surface area contributed by atoms with Crippen LogP contribution in [0.3, 0.4) is 0 Å². The molecule has 0 radical (unpaired) electrons. The lowest BCUT2D eigenvalue weighted by Crippen LogP contribution is -1.94. The molecule has 0 saturated heterocycles. The Morgan fingerprint density at radius 2 is 0.717 bits per heavy atom. The maximum atomic E-state index is 2.45. The third-order valence-corrected chi connectivity index (χ3v) is 12.3. The summed E-state index contributed by atoms with van der Waals surface area (Å²) in [6.45, 7) is 0. The van der Waals surface area contributed by atoms with Crippen molar-refractivity contribution in [3.05, 3.63) is 231 Å². The number of hydrogen-bond acceptors (Lipinski definition) is 0. The molecule has 10 aromatic carbocycles. The molecular weight excluding hydrogens is 725 g/mol. The van der Waals surface area contributed by atoms with E-state index in [0.29, 0.717) is 0 Å². The fourth-order valence-corrected chi connectivity index (χ4v) is 9.47. The van der Waals surface area contributed by atoms with Crippen LogP contribution < -0.4 is 0 Å². The summed E-state index contributed by atoms with van der Waals surface area (Å²) in [7, 11) is 0. The predicted molar refractivity (Wildman–Crippen MR) is 254 cm³/mol. The smallest absolute Gasteiger partial charge is 0.0547 e. The Morgan fingerprint density at radius 3 is 1.42 bits per heavy atom. The molecule has 0 aliphatic heterocycles. The summed E-state index contributed by atoms with van der Waals surface area (Å²) in [5.74, 6) is 0. The second-order valence-electron chi connectivity index (χ2n) is 15.7. The fraction of sp³-hybridized carbons (Fsp3) is 0. The summed E-state index contributed by atoms with van der Waals surface area (Å²) in [5, 5.41) is 7.46. The number of fused-ring (bicyclic) bond motifs is 7. The van der Waals surface area contributed by atoms with Crippen molar-refractivity contribution in [2.45, 2.75) is 0 Å². The molecular formula is C58H38N2. The molecule has 12 rings (SSSR count). The average molecular weight is 763 g/mol. The van der Waals surface area contributed by atoms with E-state index in [0.717, 1.165) is 11.4 Å². The number of para-hydroxylation sites is 1. The van der Waals surface area contributed by atoms with Crippen molar-refractivity contribution < 1.29 is 0 Å². The van der Waals surface area contributed by atoms with Crippen molar-refractivity contribution in [3.63, 3.8) is 0 Å². The SMILES string of the molecule is c1ccc(-c2cccc(-n3c4ccccc4c4cc(-c5ccc6c(c5)c5c(-c7ccc8ccccc8c7)cccc5n6-c5cccc(-c6ccccc6)c5)ccc43)c2)cc1. The van der Waals surface area contributed by atoms with Gasteiger partial charge in [-0.15, -0.1) is 0 Å². The lowest BCUT2D eigenvalue weighted by Gasteiger charge is -2.11. The molecule has 0 aliphatic carbocycles. The van der Waals surface area contributed by atoms with Gasteiger partial charge in [-0.25, -0.2) is 0 Å². The van der Waals surface area contributed by atoms with Crippen LogP contribution in [0.15, 0.2) is 231 Å². The third kappa shape index (κ3) is 5.57. The number of nitrogens with zero attached hydrogens (tertiary/aromatic N) is 2. The Bertz CT molecular complexity index is 3590.